The van der Waals surface area contributed by atoms with Crippen LogP contribution in [0, 0.1) is 0 Å². The molecule has 0 aliphatic heterocycles. The van der Waals surface area contributed by atoms with Gasteiger partial charge in [0, 0.05) is 33.8 Å². The smallest absolute Gasteiger partial charge is 0.124 e. The number of hydrogen-bond donors (Lipinski definition) is 1. The van der Waals surface area contributed by atoms with Crippen molar-refractivity contribution in [3.05, 3.63) is 48.3 Å². The van der Waals surface area contributed by atoms with Gasteiger partial charge in [0.1, 0.15) is 5.75 Å². The molecule has 1 atom stereocenters. The van der Waals surface area contributed by atoms with Crippen LogP contribution in [0.15, 0.2) is 52.5 Å². The zero-order chi connectivity index (χ0) is 13.0. The fourth-order valence-electron chi connectivity index (χ4n) is 1.77. The van der Waals surface area contributed by atoms with E-state index in [0.29, 0.717) is 0 Å². The number of rotatable bonds is 4. The Labute approximate surface area is 111 Å². The molecule has 0 saturated heterocycles. The van der Waals surface area contributed by atoms with E-state index in [9.17, 15) is 0 Å². The molecule has 0 radical (unpaired) electrons. The van der Waals surface area contributed by atoms with Gasteiger partial charge in [-0.25, -0.2) is 0 Å². The van der Waals surface area contributed by atoms with Gasteiger partial charge in [0.05, 0.1) is 7.11 Å². The Bertz CT molecular complexity index is 514. The largest absolute Gasteiger partial charge is 0.496 e. The van der Waals surface area contributed by atoms with Gasteiger partial charge < -0.3 is 10.5 Å². The first kappa shape index (κ1) is 12.9. The molecule has 2 N–H and O–H groups in total. The van der Waals surface area contributed by atoms with Crippen molar-refractivity contribution >= 4 is 11.8 Å². The highest BCUT2D eigenvalue weighted by Gasteiger charge is 2.13. The normalized spacial score (nSPS) is 12.2. The van der Waals surface area contributed by atoms with E-state index in [1.165, 1.54) is 0 Å². The zero-order valence-corrected chi connectivity index (χ0v) is 11.3. The van der Waals surface area contributed by atoms with Crippen molar-refractivity contribution in [2.24, 2.45) is 5.73 Å². The summed E-state index contributed by atoms with van der Waals surface area (Å²) in [4.78, 5) is 6.28. The van der Waals surface area contributed by atoms with Crippen molar-refractivity contribution in [2.75, 3.05) is 7.11 Å². The van der Waals surface area contributed by atoms with Crippen LogP contribution in [0.3, 0.4) is 0 Å². The van der Waals surface area contributed by atoms with Crippen LogP contribution >= 0.6 is 11.8 Å². The van der Waals surface area contributed by atoms with E-state index < -0.39 is 0 Å². The highest BCUT2D eigenvalue weighted by Crippen LogP contribution is 2.37. The molecule has 0 aliphatic rings. The number of aromatic nitrogens is 1. The number of methoxy groups -OCH3 is 1. The van der Waals surface area contributed by atoms with Crippen LogP contribution in [0.25, 0.3) is 0 Å². The van der Waals surface area contributed by atoms with E-state index in [4.69, 9.17) is 10.5 Å². The second kappa shape index (κ2) is 5.89. The second-order valence-electron chi connectivity index (χ2n) is 3.95. The van der Waals surface area contributed by atoms with Crippen molar-refractivity contribution < 1.29 is 4.74 Å². The molecule has 1 heterocycles. The Morgan fingerprint density at radius 1 is 1.22 bits per heavy atom. The lowest BCUT2D eigenvalue weighted by molar-refractivity contribution is 0.405. The number of nitrogens with zero attached hydrogens (tertiary/aromatic N) is 1. The van der Waals surface area contributed by atoms with Crippen molar-refractivity contribution in [1.29, 1.82) is 0 Å². The minimum atomic E-state index is -0.0644. The van der Waals surface area contributed by atoms with Crippen LogP contribution in [0.1, 0.15) is 18.5 Å². The monoisotopic (exact) mass is 260 g/mol. The number of ether oxygens (including phenoxy) is 1. The van der Waals surface area contributed by atoms with E-state index in [1.807, 2.05) is 31.2 Å². The second-order valence-corrected chi connectivity index (χ2v) is 5.06. The van der Waals surface area contributed by atoms with Crippen LogP contribution in [-0.2, 0) is 0 Å². The molecule has 0 saturated carbocycles. The molecule has 0 bridgehead atoms. The van der Waals surface area contributed by atoms with Gasteiger partial charge >= 0.3 is 0 Å². The summed E-state index contributed by atoms with van der Waals surface area (Å²) in [5, 5.41) is 0. The Kier molecular flexibility index (Phi) is 4.23. The molecular formula is C14H16N2OS. The molecule has 18 heavy (non-hydrogen) atoms. The lowest BCUT2D eigenvalue weighted by Gasteiger charge is -2.16. The van der Waals surface area contributed by atoms with Crippen LogP contribution < -0.4 is 10.5 Å². The third-order valence-corrected chi connectivity index (χ3v) is 3.66. The van der Waals surface area contributed by atoms with Crippen molar-refractivity contribution in [1.82, 2.24) is 4.98 Å². The quantitative estimate of drug-likeness (QED) is 0.916. The fourth-order valence-corrected chi connectivity index (χ4v) is 2.83. The first-order chi connectivity index (χ1) is 8.72. The van der Waals surface area contributed by atoms with Crippen molar-refractivity contribution in [2.45, 2.75) is 22.8 Å². The average molecular weight is 260 g/mol. The van der Waals surface area contributed by atoms with Gasteiger partial charge in [-0.05, 0) is 31.2 Å². The van der Waals surface area contributed by atoms with Gasteiger partial charge in [-0.15, -0.1) is 0 Å². The topological polar surface area (TPSA) is 48.1 Å². The predicted octanol–water partition coefficient (Wildman–Crippen LogP) is 3.26. The van der Waals surface area contributed by atoms with Gasteiger partial charge in [-0.1, -0.05) is 17.8 Å². The summed E-state index contributed by atoms with van der Waals surface area (Å²) in [6.45, 7) is 1.97. The maximum Gasteiger partial charge on any atom is 0.124 e. The molecule has 1 aromatic carbocycles. The molecule has 0 spiro atoms. The Morgan fingerprint density at radius 3 is 2.56 bits per heavy atom. The van der Waals surface area contributed by atoms with E-state index in [2.05, 4.69) is 11.1 Å². The zero-order valence-electron chi connectivity index (χ0n) is 10.5. The Hall–Kier alpha value is -1.52. The van der Waals surface area contributed by atoms with Crippen molar-refractivity contribution in [3.8, 4) is 5.75 Å². The molecule has 0 unspecified atom stereocenters. The standard InChI is InChI=1S/C14H16N2OS/c1-10(15)14-12(17-2)4-3-5-13(14)18-11-6-8-16-9-7-11/h3-10H,15H2,1-2H3/t10-/m1/s1. The summed E-state index contributed by atoms with van der Waals surface area (Å²) in [6.07, 6.45) is 3.57. The number of pyridine rings is 1. The lowest BCUT2D eigenvalue weighted by Crippen LogP contribution is -2.08. The molecule has 2 aromatic rings. The lowest BCUT2D eigenvalue weighted by atomic mass is 10.1. The molecule has 1 aromatic heterocycles. The van der Waals surface area contributed by atoms with E-state index in [1.54, 1.807) is 31.3 Å². The highest BCUT2D eigenvalue weighted by molar-refractivity contribution is 7.99. The average Bonchev–Trinajstić information content (AvgIpc) is 2.39. The van der Waals surface area contributed by atoms with E-state index in [-0.39, 0.29) is 6.04 Å². The van der Waals surface area contributed by atoms with Gasteiger partial charge in [0.15, 0.2) is 0 Å². The van der Waals surface area contributed by atoms with E-state index >= 15 is 0 Å². The van der Waals surface area contributed by atoms with Gasteiger partial charge in [-0.2, -0.15) is 0 Å². The molecular weight excluding hydrogens is 244 g/mol. The van der Waals surface area contributed by atoms with Gasteiger partial charge in [0.2, 0.25) is 0 Å². The van der Waals surface area contributed by atoms with Crippen LogP contribution in [0.4, 0.5) is 0 Å². The summed E-state index contributed by atoms with van der Waals surface area (Å²) in [5.41, 5.74) is 7.08. The third-order valence-electron chi connectivity index (χ3n) is 2.58. The first-order valence-electron chi connectivity index (χ1n) is 5.72. The Morgan fingerprint density at radius 2 is 1.94 bits per heavy atom. The maximum absolute atomic E-state index is 6.04. The molecule has 0 aliphatic carbocycles. The van der Waals surface area contributed by atoms with Gasteiger partial charge in [-0.3, -0.25) is 4.98 Å². The number of nitrogens with two attached hydrogens (primary N) is 1. The van der Waals surface area contributed by atoms with Crippen molar-refractivity contribution in [3.63, 3.8) is 0 Å². The summed E-state index contributed by atoms with van der Waals surface area (Å²) in [7, 11) is 1.67. The minimum absolute atomic E-state index is 0.0644. The molecule has 94 valence electrons. The number of benzene rings is 1. The molecule has 0 amide bonds. The summed E-state index contributed by atoms with van der Waals surface area (Å²) in [5.74, 6) is 0.837. The fraction of sp³-hybridized carbons (Fsp3) is 0.214. The highest BCUT2D eigenvalue weighted by atomic mass is 32.2. The van der Waals surface area contributed by atoms with Crippen LogP contribution in [0.2, 0.25) is 0 Å². The van der Waals surface area contributed by atoms with Crippen LogP contribution in [-0.4, -0.2) is 12.1 Å². The summed E-state index contributed by atoms with van der Waals surface area (Å²) < 4.78 is 5.38. The molecule has 3 nitrogen and oxygen atoms in total. The summed E-state index contributed by atoms with van der Waals surface area (Å²) >= 11 is 1.67. The maximum atomic E-state index is 6.04. The van der Waals surface area contributed by atoms with Crippen LogP contribution in [0.5, 0.6) is 5.75 Å². The third kappa shape index (κ3) is 2.83. The molecule has 2 rings (SSSR count). The van der Waals surface area contributed by atoms with E-state index in [0.717, 1.165) is 21.1 Å². The minimum Gasteiger partial charge on any atom is -0.496 e. The summed E-state index contributed by atoms with van der Waals surface area (Å²) in [6, 6.07) is 9.88. The molecule has 0 fully saturated rings. The molecule has 4 heteroatoms. The van der Waals surface area contributed by atoms with Gasteiger partial charge in [0.25, 0.3) is 0 Å². The number of hydrogen-bond acceptors (Lipinski definition) is 4. The first-order valence-corrected chi connectivity index (χ1v) is 6.54. The SMILES string of the molecule is COc1cccc(Sc2ccncc2)c1[C@@H](C)N. The Balaban J connectivity index is 2.38. The predicted molar refractivity (Wildman–Crippen MR) is 74.0 cm³/mol.